The topological polar surface area (TPSA) is 66.8 Å². The van der Waals surface area contributed by atoms with Crippen LogP contribution in [0.25, 0.3) is 0 Å². The van der Waals surface area contributed by atoms with Crippen molar-refractivity contribution in [1.29, 1.82) is 0 Å². The van der Waals surface area contributed by atoms with Gasteiger partial charge in [0.15, 0.2) is 0 Å². The molecule has 0 heterocycles. The van der Waals surface area contributed by atoms with Crippen LogP contribution in [0.1, 0.15) is 20.3 Å². The zero-order valence-electron chi connectivity index (χ0n) is 8.49. The number of hydrogen-bond donors (Lipinski definition) is 2. The van der Waals surface area contributed by atoms with Crippen LogP contribution in [-0.2, 0) is 9.53 Å². The van der Waals surface area contributed by atoms with Gasteiger partial charge >= 0.3 is 5.97 Å². The van der Waals surface area contributed by atoms with Crippen LogP contribution in [0, 0.1) is 0 Å². The van der Waals surface area contributed by atoms with Gasteiger partial charge in [-0.05, 0) is 13.3 Å². The maximum Gasteiger partial charge on any atom is 0.334 e. The number of hydrogen-bond acceptors (Lipinski definition) is 3. The summed E-state index contributed by atoms with van der Waals surface area (Å²) in [6.07, 6.45) is 1.04. The van der Waals surface area contributed by atoms with Crippen LogP contribution in [0.4, 0.5) is 0 Å². The van der Waals surface area contributed by atoms with Gasteiger partial charge in [-0.15, -0.1) is 0 Å². The Bertz CT molecular complexity index is 243. The van der Waals surface area contributed by atoms with E-state index >= 15 is 0 Å². The van der Waals surface area contributed by atoms with Crippen molar-refractivity contribution in [3.05, 3.63) is 24.0 Å². The van der Waals surface area contributed by atoms with E-state index in [4.69, 9.17) is 9.84 Å². The van der Waals surface area contributed by atoms with Crippen molar-refractivity contribution in [2.45, 2.75) is 26.4 Å². The van der Waals surface area contributed by atoms with E-state index in [1.54, 1.807) is 6.92 Å². The molecule has 1 unspecified atom stereocenters. The molecule has 14 heavy (non-hydrogen) atoms. The average Bonchev–Trinajstić information content (AvgIpc) is 2.17. The van der Waals surface area contributed by atoms with Crippen LogP contribution in [0.5, 0.6) is 0 Å². The molecule has 0 aliphatic rings. The predicted octanol–water partition coefficient (Wildman–Crippen LogP) is 1.32. The molecule has 0 radical (unpaired) electrons. The Morgan fingerprint density at radius 1 is 1.64 bits per heavy atom. The summed E-state index contributed by atoms with van der Waals surface area (Å²) in [6.45, 7) is 6.79. The molecule has 0 aromatic rings. The first-order valence-corrected chi connectivity index (χ1v) is 4.40. The van der Waals surface area contributed by atoms with Crippen molar-refractivity contribution < 1.29 is 19.7 Å². The number of aliphatic hydroxyl groups is 1. The molecule has 0 spiro atoms. The highest BCUT2D eigenvalue weighted by atomic mass is 16.5. The van der Waals surface area contributed by atoms with Gasteiger partial charge in [0.05, 0.1) is 5.57 Å². The van der Waals surface area contributed by atoms with E-state index in [1.807, 2.05) is 0 Å². The average molecular weight is 200 g/mol. The fourth-order valence-corrected chi connectivity index (χ4v) is 0.894. The Balaban J connectivity index is 4.77. The quantitative estimate of drug-likeness (QED) is 0.385. The van der Waals surface area contributed by atoms with E-state index in [-0.39, 0.29) is 17.9 Å². The molecule has 4 nitrogen and oxygen atoms in total. The lowest BCUT2D eigenvalue weighted by molar-refractivity contribution is -0.133. The van der Waals surface area contributed by atoms with Gasteiger partial charge in [0, 0.05) is 0 Å². The monoisotopic (exact) mass is 200 g/mol. The van der Waals surface area contributed by atoms with Crippen LogP contribution in [0.2, 0.25) is 0 Å². The van der Waals surface area contributed by atoms with Crippen LogP contribution >= 0.6 is 0 Å². The van der Waals surface area contributed by atoms with Gasteiger partial charge in [0.2, 0.25) is 0 Å². The van der Waals surface area contributed by atoms with Gasteiger partial charge in [0.1, 0.15) is 18.5 Å². The highest BCUT2D eigenvalue weighted by Crippen LogP contribution is 2.13. The Morgan fingerprint density at radius 3 is 2.57 bits per heavy atom. The lowest BCUT2D eigenvalue weighted by Crippen LogP contribution is -2.17. The van der Waals surface area contributed by atoms with Gasteiger partial charge in [-0.3, -0.25) is 0 Å². The molecule has 0 bridgehead atoms. The van der Waals surface area contributed by atoms with Crippen molar-refractivity contribution in [2.75, 3.05) is 6.61 Å². The summed E-state index contributed by atoms with van der Waals surface area (Å²) in [7, 11) is 0. The van der Waals surface area contributed by atoms with Crippen molar-refractivity contribution in [3.63, 3.8) is 0 Å². The molecule has 0 rings (SSSR count). The second-order valence-corrected chi connectivity index (χ2v) is 2.82. The molecule has 4 heteroatoms. The van der Waals surface area contributed by atoms with Gasteiger partial charge < -0.3 is 14.9 Å². The molecule has 1 atom stereocenters. The highest BCUT2D eigenvalue weighted by Gasteiger charge is 2.17. The largest absolute Gasteiger partial charge is 0.491 e. The minimum absolute atomic E-state index is 0.0289. The van der Waals surface area contributed by atoms with E-state index in [1.165, 1.54) is 13.0 Å². The van der Waals surface area contributed by atoms with Crippen LogP contribution in [0.3, 0.4) is 0 Å². The zero-order valence-corrected chi connectivity index (χ0v) is 8.49. The SMILES string of the molecule is C=CCO/C(=C(\C)C(=O)O)C(O)CC. The summed E-state index contributed by atoms with van der Waals surface area (Å²) in [5.74, 6) is -0.975. The molecule has 0 aromatic heterocycles. The maximum atomic E-state index is 10.6. The number of ether oxygens (including phenoxy) is 1. The molecule has 0 amide bonds. The van der Waals surface area contributed by atoms with Crippen molar-refractivity contribution >= 4 is 5.97 Å². The van der Waals surface area contributed by atoms with Crippen LogP contribution < -0.4 is 0 Å². The number of carboxylic acid groups (broad SMARTS) is 1. The van der Waals surface area contributed by atoms with Crippen LogP contribution in [0.15, 0.2) is 24.0 Å². The third-order valence-electron chi connectivity index (χ3n) is 1.74. The first kappa shape index (κ1) is 12.7. The summed E-state index contributed by atoms with van der Waals surface area (Å²) in [6, 6.07) is 0. The van der Waals surface area contributed by atoms with Crippen LogP contribution in [-0.4, -0.2) is 28.9 Å². The van der Waals surface area contributed by atoms with Gasteiger partial charge in [-0.1, -0.05) is 19.6 Å². The smallest absolute Gasteiger partial charge is 0.334 e. The molecule has 2 N–H and O–H groups in total. The lowest BCUT2D eigenvalue weighted by Gasteiger charge is -2.15. The second kappa shape index (κ2) is 6.21. The van der Waals surface area contributed by atoms with Gasteiger partial charge in [0.25, 0.3) is 0 Å². The minimum atomic E-state index is -1.09. The minimum Gasteiger partial charge on any atom is -0.491 e. The van der Waals surface area contributed by atoms with Gasteiger partial charge in [-0.2, -0.15) is 0 Å². The van der Waals surface area contributed by atoms with E-state index < -0.39 is 12.1 Å². The van der Waals surface area contributed by atoms with Crippen molar-refractivity contribution in [3.8, 4) is 0 Å². The highest BCUT2D eigenvalue weighted by molar-refractivity contribution is 5.86. The Kier molecular flexibility index (Phi) is 5.64. The Labute approximate surface area is 83.5 Å². The second-order valence-electron chi connectivity index (χ2n) is 2.82. The fraction of sp³-hybridized carbons (Fsp3) is 0.500. The van der Waals surface area contributed by atoms with Gasteiger partial charge in [-0.25, -0.2) is 4.79 Å². The number of carboxylic acids is 1. The molecular weight excluding hydrogens is 184 g/mol. The summed E-state index contributed by atoms with van der Waals surface area (Å²) in [4.78, 5) is 10.6. The third-order valence-corrected chi connectivity index (χ3v) is 1.74. The number of carbonyl (C=O) groups is 1. The summed E-state index contributed by atoms with van der Waals surface area (Å²) >= 11 is 0. The number of aliphatic carboxylic acids is 1. The number of rotatable bonds is 6. The Morgan fingerprint density at radius 2 is 2.21 bits per heavy atom. The normalized spacial score (nSPS) is 14.2. The van der Waals surface area contributed by atoms with E-state index in [2.05, 4.69) is 6.58 Å². The molecule has 0 saturated carbocycles. The summed E-state index contributed by atoms with van der Waals surface area (Å²) < 4.78 is 5.10. The van der Waals surface area contributed by atoms with E-state index in [9.17, 15) is 9.90 Å². The number of aliphatic hydroxyl groups excluding tert-OH is 1. The summed E-state index contributed by atoms with van der Waals surface area (Å²) in [5.41, 5.74) is 0.0289. The Hall–Kier alpha value is -1.29. The lowest BCUT2D eigenvalue weighted by atomic mass is 10.1. The standard InChI is InChI=1S/C10H16O4/c1-4-6-14-9(8(11)5-2)7(3)10(12)13/h4,8,11H,1,5-6H2,2-3H3,(H,12,13)/b9-7+. The molecule has 80 valence electrons. The fourth-order valence-electron chi connectivity index (χ4n) is 0.894. The zero-order chi connectivity index (χ0) is 11.1. The first-order valence-electron chi connectivity index (χ1n) is 4.40. The third kappa shape index (κ3) is 3.62. The van der Waals surface area contributed by atoms with Crippen molar-refractivity contribution in [1.82, 2.24) is 0 Å². The molecule has 0 aromatic carbocycles. The molecule has 0 aliphatic carbocycles. The van der Waals surface area contributed by atoms with Crippen molar-refractivity contribution in [2.24, 2.45) is 0 Å². The molecule has 0 aliphatic heterocycles. The molecule has 0 fully saturated rings. The first-order chi connectivity index (χ1) is 6.54. The van der Waals surface area contributed by atoms with E-state index in [0.29, 0.717) is 6.42 Å². The maximum absolute atomic E-state index is 10.6. The summed E-state index contributed by atoms with van der Waals surface area (Å²) in [5, 5.41) is 18.2. The molecular formula is C10H16O4. The van der Waals surface area contributed by atoms with E-state index in [0.717, 1.165) is 0 Å². The molecule has 0 saturated heterocycles. The predicted molar refractivity (Wildman–Crippen MR) is 52.8 cm³/mol.